The van der Waals surface area contributed by atoms with E-state index in [0.29, 0.717) is 11.0 Å². The first-order valence-corrected chi connectivity index (χ1v) is 15.9. The second-order valence-electron chi connectivity index (χ2n) is 9.77. The molecule has 0 heterocycles. The zero-order chi connectivity index (χ0) is 25.4. The number of rotatable bonds is 24. The Morgan fingerprint density at radius 2 is 0.882 bits per heavy atom. The minimum Gasteiger partial charge on any atom is -0.285 e. The monoisotopic (exact) mass is 498 g/mol. The maximum Gasteiger partial charge on any atom is 0.270 e. The normalized spacial score (nSPS) is 13.2. The van der Waals surface area contributed by atoms with Crippen LogP contribution in [0.25, 0.3) is 0 Å². The SMILES string of the molecule is CCCCCCC/C=C/[N+](/C=C/CCCCCCC)(/C=C/CCCCCCC)CCS(=O)(=O)O. The van der Waals surface area contributed by atoms with E-state index in [1.165, 1.54) is 77.0 Å². The Morgan fingerprint density at radius 3 is 1.18 bits per heavy atom. The molecule has 0 aromatic carbocycles. The minimum absolute atomic E-state index is 0.241. The van der Waals surface area contributed by atoms with E-state index >= 15 is 0 Å². The van der Waals surface area contributed by atoms with Crippen molar-refractivity contribution in [1.29, 1.82) is 0 Å². The Morgan fingerprint density at radius 1 is 0.559 bits per heavy atom. The molecule has 34 heavy (non-hydrogen) atoms. The van der Waals surface area contributed by atoms with Gasteiger partial charge in [-0.05, 0) is 56.8 Å². The zero-order valence-electron chi connectivity index (χ0n) is 22.7. The molecule has 0 spiro atoms. The molecule has 4 nitrogen and oxygen atoms in total. The van der Waals surface area contributed by atoms with Gasteiger partial charge in [-0.2, -0.15) is 8.42 Å². The van der Waals surface area contributed by atoms with Crippen LogP contribution in [0.4, 0.5) is 0 Å². The first kappa shape index (κ1) is 33.1. The quantitative estimate of drug-likeness (QED) is 0.0819. The first-order chi connectivity index (χ1) is 16.4. The third-order valence-electron chi connectivity index (χ3n) is 6.31. The van der Waals surface area contributed by atoms with Crippen molar-refractivity contribution in [2.24, 2.45) is 0 Å². The predicted octanol–water partition coefficient (Wildman–Crippen LogP) is 9.31. The molecular formula is C29H56NO3S+. The van der Waals surface area contributed by atoms with E-state index in [4.69, 9.17) is 0 Å². The van der Waals surface area contributed by atoms with E-state index in [1.54, 1.807) is 0 Å². The van der Waals surface area contributed by atoms with E-state index < -0.39 is 10.1 Å². The highest BCUT2D eigenvalue weighted by Crippen LogP contribution is 2.17. The van der Waals surface area contributed by atoms with Crippen molar-refractivity contribution in [3.05, 3.63) is 36.8 Å². The lowest BCUT2D eigenvalue weighted by molar-refractivity contribution is -0.770. The van der Waals surface area contributed by atoms with Gasteiger partial charge in [0.1, 0.15) is 30.9 Å². The Labute approximate surface area is 212 Å². The summed E-state index contributed by atoms with van der Waals surface area (Å²) in [4.78, 5) is 0. The molecule has 0 aliphatic heterocycles. The largest absolute Gasteiger partial charge is 0.285 e. The van der Waals surface area contributed by atoms with Crippen LogP contribution in [-0.2, 0) is 10.1 Å². The van der Waals surface area contributed by atoms with Gasteiger partial charge in [0.25, 0.3) is 10.1 Å². The van der Waals surface area contributed by atoms with E-state index in [9.17, 15) is 13.0 Å². The fourth-order valence-electron chi connectivity index (χ4n) is 4.06. The van der Waals surface area contributed by atoms with E-state index in [0.717, 1.165) is 38.5 Å². The lowest BCUT2D eigenvalue weighted by atomic mass is 10.1. The van der Waals surface area contributed by atoms with Gasteiger partial charge in [0.15, 0.2) is 0 Å². The lowest BCUT2D eigenvalue weighted by Gasteiger charge is -2.26. The van der Waals surface area contributed by atoms with Gasteiger partial charge in [-0.25, -0.2) is 4.48 Å². The summed E-state index contributed by atoms with van der Waals surface area (Å²) in [5.41, 5.74) is 0. The highest BCUT2D eigenvalue weighted by molar-refractivity contribution is 7.85. The summed E-state index contributed by atoms with van der Waals surface area (Å²) in [5, 5.41) is 0. The molecule has 0 aromatic rings. The Bertz CT molecular complexity index is 578. The molecule has 5 heteroatoms. The van der Waals surface area contributed by atoms with Gasteiger partial charge < -0.3 is 0 Å². The first-order valence-electron chi connectivity index (χ1n) is 14.2. The van der Waals surface area contributed by atoms with Crippen molar-refractivity contribution in [2.45, 2.75) is 136 Å². The Hall–Kier alpha value is -0.910. The van der Waals surface area contributed by atoms with Crippen LogP contribution in [0.5, 0.6) is 0 Å². The van der Waals surface area contributed by atoms with Crippen molar-refractivity contribution in [1.82, 2.24) is 0 Å². The second kappa shape index (κ2) is 22.5. The van der Waals surface area contributed by atoms with Crippen molar-refractivity contribution >= 4 is 10.1 Å². The number of quaternary nitrogens is 1. The molecule has 0 saturated heterocycles. The van der Waals surface area contributed by atoms with Gasteiger partial charge in [0.2, 0.25) is 0 Å². The van der Waals surface area contributed by atoms with Gasteiger partial charge >= 0.3 is 0 Å². The third-order valence-corrected chi connectivity index (χ3v) is 7.01. The minimum atomic E-state index is -4.01. The molecule has 0 aromatic heterocycles. The number of unbranched alkanes of at least 4 members (excludes halogenated alkanes) is 15. The molecule has 0 fully saturated rings. The second-order valence-corrected chi connectivity index (χ2v) is 11.3. The summed E-state index contributed by atoms with van der Waals surface area (Å²) in [6, 6.07) is 0. The molecular weight excluding hydrogens is 442 g/mol. The van der Waals surface area contributed by atoms with Crippen LogP contribution >= 0.6 is 0 Å². The molecule has 0 bridgehead atoms. The number of hydrogen-bond donors (Lipinski definition) is 1. The van der Waals surface area contributed by atoms with Crippen LogP contribution in [0.1, 0.15) is 136 Å². The van der Waals surface area contributed by atoms with Crippen LogP contribution in [0.15, 0.2) is 36.8 Å². The average molecular weight is 499 g/mol. The molecule has 0 rings (SSSR count). The third kappa shape index (κ3) is 21.6. The predicted molar refractivity (Wildman–Crippen MR) is 149 cm³/mol. The maximum atomic E-state index is 11.6. The summed E-state index contributed by atoms with van der Waals surface area (Å²) in [6.07, 6.45) is 34.7. The molecule has 200 valence electrons. The summed E-state index contributed by atoms with van der Waals surface area (Å²) >= 11 is 0. The summed E-state index contributed by atoms with van der Waals surface area (Å²) in [6.45, 7) is 7.01. The van der Waals surface area contributed by atoms with Gasteiger partial charge in [0.05, 0.1) is 0 Å². The molecule has 0 unspecified atom stereocenters. The molecule has 0 amide bonds. The van der Waals surface area contributed by atoms with Crippen LogP contribution in [0, 0.1) is 0 Å². The average Bonchev–Trinajstić information content (AvgIpc) is 2.80. The van der Waals surface area contributed by atoms with Crippen LogP contribution in [0.3, 0.4) is 0 Å². The number of allylic oxidation sites excluding steroid dienone is 3. The summed E-state index contributed by atoms with van der Waals surface area (Å²) < 4.78 is 33.0. The standard InChI is InChI=1S/C29H55NO3S/c1-4-7-10-13-16-19-22-25-30(28-29-34(31,32)33,26-23-20-17-14-11-8-5-2)27-24-21-18-15-12-9-6-3/h22-27H,4-21,28-29H2,1-3H3/p+1/b25-22+,26-23+,27-24+. The van der Waals surface area contributed by atoms with Gasteiger partial charge in [-0.1, -0.05) is 97.8 Å². The van der Waals surface area contributed by atoms with Crippen LogP contribution in [0.2, 0.25) is 0 Å². The lowest BCUT2D eigenvalue weighted by Crippen LogP contribution is -2.35. The van der Waals surface area contributed by atoms with Crippen molar-refractivity contribution < 1.29 is 17.5 Å². The van der Waals surface area contributed by atoms with E-state index in [2.05, 4.69) is 57.6 Å². The molecule has 0 radical (unpaired) electrons. The highest BCUT2D eigenvalue weighted by atomic mass is 32.2. The molecule has 0 aliphatic carbocycles. The van der Waals surface area contributed by atoms with Crippen LogP contribution < -0.4 is 0 Å². The van der Waals surface area contributed by atoms with Gasteiger partial charge in [0, 0.05) is 0 Å². The summed E-state index contributed by atoms with van der Waals surface area (Å²) in [5.74, 6) is -0.241. The zero-order valence-corrected chi connectivity index (χ0v) is 23.5. The topological polar surface area (TPSA) is 54.4 Å². The fraction of sp³-hybridized carbons (Fsp3) is 0.793. The van der Waals surface area contributed by atoms with Gasteiger partial charge in [-0.3, -0.25) is 4.55 Å². The maximum absolute atomic E-state index is 11.6. The number of nitrogens with zero attached hydrogens (tertiary/aromatic N) is 1. The Kier molecular flexibility index (Phi) is 21.9. The van der Waals surface area contributed by atoms with E-state index in [-0.39, 0.29) is 5.75 Å². The van der Waals surface area contributed by atoms with Crippen molar-refractivity contribution in [3.63, 3.8) is 0 Å². The fourth-order valence-corrected chi connectivity index (χ4v) is 4.60. The highest BCUT2D eigenvalue weighted by Gasteiger charge is 2.22. The molecule has 1 N–H and O–H groups in total. The molecule has 0 atom stereocenters. The van der Waals surface area contributed by atoms with Gasteiger partial charge in [-0.15, -0.1) is 0 Å². The number of hydrogen-bond acceptors (Lipinski definition) is 2. The van der Waals surface area contributed by atoms with Crippen LogP contribution in [-0.4, -0.2) is 29.8 Å². The smallest absolute Gasteiger partial charge is 0.270 e. The molecule has 0 aliphatic rings. The molecule has 0 saturated carbocycles. The van der Waals surface area contributed by atoms with Crippen molar-refractivity contribution in [3.8, 4) is 0 Å². The van der Waals surface area contributed by atoms with E-state index in [1.807, 2.05) is 0 Å². The Balaban J connectivity index is 5.23. The summed E-state index contributed by atoms with van der Waals surface area (Å²) in [7, 11) is -4.01. The van der Waals surface area contributed by atoms with Crippen molar-refractivity contribution in [2.75, 3.05) is 12.3 Å².